The number of rotatable bonds is 13. The molecular weight excluding hydrogens is 310 g/mol. The van der Waals surface area contributed by atoms with E-state index in [1.165, 1.54) is 5.70 Å². The average molecular weight is 348 g/mol. The molecule has 1 saturated heterocycles. The Morgan fingerprint density at radius 2 is 1.48 bits per heavy atom. The lowest BCUT2D eigenvalue weighted by Gasteiger charge is -2.12. The highest BCUT2D eigenvalue weighted by molar-refractivity contribution is 6.20. The Bertz CT molecular complexity index is 450. The molecule has 0 N–H and O–H groups in total. The maximum absolute atomic E-state index is 12.6. The molecule has 0 aromatic heterocycles. The summed E-state index contributed by atoms with van der Waals surface area (Å²) in [7, 11) is 2.07. The summed E-state index contributed by atoms with van der Waals surface area (Å²) >= 11 is 0. The summed E-state index contributed by atoms with van der Waals surface area (Å²) in [6.07, 6.45) is 15.6. The van der Waals surface area contributed by atoms with Crippen molar-refractivity contribution in [1.29, 1.82) is 0 Å². The number of carbonyl (C=O) groups is 2. The van der Waals surface area contributed by atoms with Crippen molar-refractivity contribution in [2.24, 2.45) is 0 Å². The van der Waals surface area contributed by atoms with E-state index >= 15 is 0 Å². The van der Waals surface area contributed by atoms with Crippen LogP contribution in [0.2, 0.25) is 0 Å². The Morgan fingerprint density at radius 1 is 0.920 bits per heavy atom. The van der Waals surface area contributed by atoms with Crippen molar-refractivity contribution in [2.45, 2.75) is 90.9 Å². The second kappa shape index (κ2) is 12.9. The lowest BCUT2D eigenvalue weighted by molar-refractivity contribution is -0.121. The summed E-state index contributed by atoms with van der Waals surface area (Å²) in [6.45, 7) is 5.39. The monoisotopic (exact) mass is 347 g/mol. The summed E-state index contributed by atoms with van der Waals surface area (Å²) in [6, 6.07) is 0. The third-order valence-corrected chi connectivity index (χ3v) is 4.97. The number of Topliss-reactive ketones (excluding diaryl/α,β-unsaturated/α-hetero) is 2. The molecule has 0 saturated carbocycles. The van der Waals surface area contributed by atoms with Gasteiger partial charge < -0.3 is 4.90 Å². The third kappa shape index (κ3) is 8.51. The van der Waals surface area contributed by atoms with Crippen LogP contribution in [-0.4, -0.2) is 30.1 Å². The van der Waals surface area contributed by atoms with Gasteiger partial charge in [0.1, 0.15) is 0 Å². The number of likely N-dealkylation sites (tertiary alicyclic amines) is 1. The fourth-order valence-corrected chi connectivity index (χ4v) is 3.26. The van der Waals surface area contributed by atoms with Crippen LogP contribution < -0.4 is 0 Å². The Hall–Kier alpha value is -1.38. The van der Waals surface area contributed by atoms with E-state index in [-0.39, 0.29) is 11.6 Å². The van der Waals surface area contributed by atoms with E-state index < -0.39 is 0 Å². The molecule has 3 nitrogen and oxygen atoms in total. The van der Waals surface area contributed by atoms with Gasteiger partial charge in [-0.2, -0.15) is 0 Å². The molecule has 1 rings (SSSR count). The minimum Gasteiger partial charge on any atom is -0.378 e. The van der Waals surface area contributed by atoms with E-state index in [1.54, 1.807) is 0 Å². The summed E-state index contributed by atoms with van der Waals surface area (Å²) in [5.41, 5.74) is 1.66. The second-order valence-electron chi connectivity index (χ2n) is 7.23. The topological polar surface area (TPSA) is 37.4 Å². The quantitative estimate of drug-likeness (QED) is 0.188. The largest absolute Gasteiger partial charge is 0.378 e. The van der Waals surface area contributed by atoms with Gasteiger partial charge in [0.25, 0.3) is 0 Å². The smallest absolute Gasteiger partial charge is 0.166 e. The first-order valence-electron chi connectivity index (χ1n) is 10.3. The molecule has 0 aromatic rings. The van der Waals surface area contributed by atoms with Gasteiger partial charge in [-0.15, -0.1) is 0 Å². The number of allylic oxidation sites excluding steroid dienone is 4. The van der Waals surface area contributed by atoms with Gasteiger partial charge in [0, 0.05) is 32.1 Å². The standard InChI is InChI=1S/C22H37NO2/c1-4-6-8-10-14-21(24)20(22(25)15-11-9-7-5-2)17-16-19-13-12-18-23(19)3/h16-17H,4-15,18H2,1-3H3/b19-16+. The van der Waals surface area contributed by atoms with Crippen LogP contribution in [0.3, 0.4) is 0 Å². The molecular formula is C22H37NO2. The number of ketones is 2. The van der Waals surface area contributed by atoms with Gasteiger partial charge >= 0.3 is 0 Å². The first kappa shape index (κ1) is 21.7. The van der Waals surface area contributed by atoms with Crippen molar-refractivity contribution in [2.75, 3.05) is 13.6 Å². The van der Waals surface area contributed by atoms with E-state index in [0.717, 1.165) is 70.8 Å². The maximum Gasteiger partial charge on any atom is 0.166 e. The lowest BCUT2D eigenvalue weighted by atomic mass is 9.97. The van der Waals surface area contributed by atoms with E-state index in [2.05, 4.69) is 25.8 Å². The SMILES string of the molecule is CCCCCCC(=O)C(=C/C=C1\CCCN1C)C(=O)CCCCCC. The molecule has 0 spiro atoms. The molecule has 142 valence electrons. The molecule has 1 fully saturated rings. The van der Waals surface area contributed by atoms with Gasteiger partial charge in [0.2, 0.25) is 0 Å². The van der Waals surface area contributed by atoms with Crippen molar-refractivity contribution in [1.82, 2.24) is 4.90 Å². The normalized spacial score (nSPS) is 15.6. The number of nitrogens with zero attached hydrogens (tertiary/aromatic N) is 1. The molecule has 0 amide bonds. The van der Waals surface area contributed by atoms with E-state index in [4.69, 9.17) is 0 Å². The van der Waals surface area contributed by atoms with E-state index in [1.807, 2.05) is 12.2 Å². The van der Waals surface area contributed by atoms with Crippen molar-refractivity contribution in [3.05, 3.63) is 23.4 Å². The zero-order valence-corrected chi connectivity index (χ0v) is 16.6. The fourth-order valence-electron chi connectivity index (χ4n) is 3.26. The van der Waals surface area contributed by atoms with Crippen LogP contribution in [0.5, 0.6) is 0 Å². The predicted molar refractivity (Wildman–Crippen MR) is 106 cm³/mol. The molecule has 0 aliphatic carbocycles. The Morgan fingerprint density at radius 3 is 1.92 bits per heavy atom. The average Bonchev–Trinajstić information content (AvgIpc) is 3.01. The highest BCUT2D eigenvalue weighted by atomic mass is 16.1. The van der Waals surface area contributed by atoms with Gasteiger partial charge in [-0.1, -0.05) is 52.4 Å². The van der Waals surface area contributed by atoms with Crippen molar-refractivity contribution < 1.29 is 9.59 Å². The Labute approximate surface area is 154 Å². The zero-order chi connectivity index (χ0) is 18.5. The molecule has 25 heavy (non-hydrogen) atoms. The van der Waals surface area contributed by atoms with Crippen LogP contribution >= 0.6 is 0 Å². The number of carbonyl (C=O) groups excluding carboxylic acids is 2. The number of hydrogen-bond acceptors (Lipinski definition) is 3. The highest BCUT2D eigenvalue weighted by Gasteiger charge is 2.18. The maximum atomic E-state index is 12.6. The second-order valence-corrected chi connectivity index (χ2v) is 7.23. The van der Waals surface area contributed by atoms with E-state index in [9.17, 15) is 9.59 Å². The first-order valence-corrected chi connectivity index (χ1v) is 10.3. The van der Waals surface area contributed by atoms with Gasteiger partial charge in [0.15, 0.2) is 11.6 Å². The molecule has 0 atom stereocenters. The minimum absolute atomic E-state index is 0.0362. The molecule has 1 heterocycles. The summed E-state index contributed by atoms with van der Waals surface area (Å²) < 4.78 is 0. The molecule has 3 heteroatoms. The predicted octanol–water partition coefficient (Wildman–Crippen LogP) is 5.60. The van der Waals surface area contributed by atoms with Crippen molar-refractivity contribution in [3.63, 3.8) is 0 Å². The minimum atomic E-state index is 0.0362. The van der Waals surface area contributed by atoms with Gasteiger partial charge in [-0.3, -0.25) is 9.59 Å². The first-order chi connectivity index (χ1) is 12.1. The van der Waals surface area contributed by atoms with Gasteiger partial charge in [0.05, 0.1) is 5.57 Å². The van der Waals surface area contributed by atoms with Gasteiger partial charge in [-0.25, -0.2) is 0 Å². The Balaban J connectivity index is 2.71. The Kier molecular flexibility index (Phi) is 11.2. The molecule has 1 aliphatic rings. The van der Waals surface area contributed by atoms with Crippen molar-refractivity contribution in [3.8, 4) is 0 Å². The summed E-state index contributed by atoms with van der Waals surface area (Å²) in [4.78, 5) is 27.4. The van der Waals surface area contributed by atoms with Crippen LogP contribution in [0.1, 0.15) is 90.9 Å². The third-order valence-electron chi connectivity index (χ3n) is 4.97. The molecule has 0 radical (unpaired) electrons. The molecule has 0 bridgehead atoms. The van der Waals surface area contributed by atoms with Gasteiger partial charge in [-0.05, 0) is 37.8 Å². The number of unbranched alkanes of at least 4 members (excludes halogenated alkanes) is 6. The zero-order valence-electron chi connectivity index (χ0n) is 16.6. The van der Waals surface area contributed by atoms with E-state index in [0.29, 0.717) is 18.4 Å². The van der Waals surface area contributed by atoms with Crippen LogP contribution in [0.4, 0.5) is 0 Å². The molecule has 1 aliphatic heterocycles. The van der Waals surface area contributed by atoms with Crippen molar-refractivity contribution >= 4 is 11.6 Å². The lowest BCUT2D eigenvalue weighted by Crippen LogP contribution is -2.14. The summed E-state index contributed by atoms with van der Waals surface area (Å²) in [5, 5.41) is 0. The highest BCUT2D eigenvalue weighted by Crippen LogP contribution is 2.20. The van der Waals surface area contributed by atoms with Crippen LogP contribution in [0.25, 0.3) is 0 Å². The van der Waals surface area contributed by atoms with Crippen LogP contribution in [0.15, 0.2) is 23.4 Å². The number of hydrogen-bond donors (Lipinski definition) is 0. The molecule has 0 aromatic carbocycles. The summed E-state index contributed by atoms with van der Waals surface area (Å²) in [5.74, 6) is 0.0724. The van der Waals surface area contributed by atoms with Crippen LogP contribution in [-0.2, 0) is 9.59 Å². The fraction of sp³-hybridized carbons (Fsp3) is 0.727. The molecule has 0 unspecified atom stereocenters. The van der Waals surface area contributed by atoms with Crippen LogP contribution in [0, 0.1) is 0 Å².